The van der Waals surface area contributed by atoms with E-state index in [1.165, 1.54) is 16.8 Å². The smallest absolute Gasteiger partial charge is 0.335 e. The van der Waals surface area contributed by atoms with Gasteiger partial charge in [0.25, 0.3) is 5.56 Å². The summed E-state index contributed by atoms with van der Waals surface area (Å²) in [6.07, 6.45) is 11.6. The van der Waals surface area contributed by atoms with Gasteiger partial charge < -0.3 is 15.7 Å². The Morgan fingerprint density at radius 1 is 1.10 bits per heavy atom. The lowest BCUT2D eigenvalue weighted by Crippen LogP contribution is -2.22. The Kier molecular flexibility index (Phi) is 6.17. The van der Waals surface area contributed by atoms with Crippen molar-refractivity contribution in [2.45, 2.75) is 36.2 Å². The summed E-state index contributed by atoms with van der Waals surface area (Å²) < 4.78 is 1.36. The van der Waals surface area contributed by atoms with Crippen molar-refractivity contribution in [3.05, 3.63) is 65.0 Å². The van der Waals surface area contributed by atoms with E-state index in [1.54, 1.807) is 24.0 Å². The number of nitrogens with one attached hydrogen (secondary N) is 2. The first-order chi connectivity index (χ1) is 15.0. The Bertz CT molecular complexity index is 1120. The summed E-state index contributed by atoms with van der Waals surface area (Å²) in [5, 5.41) is 15.8. The van der Waals surface area contributed by atoms with Gasteiger partial charge in [-0.2, -0.15) is 0 Å². The van der Waals surface area contributed by atoms with Crippen LogP contribution in [0.5, 0.6) is 0 Å². The van der Waals surface area contributed by atoms with E-state index < -0.39 is 11.5 Å². The third-order valence-electron chi connectivity index (χ3n) is 5.17. The predicted molar refractivity (Wildman–Crippen MR) is 119 cm³/mol. The number of anilines is 2. The van der Waals surface area contributed by atoms with E-state index in [0.717, 1.165) is 36.0 Å². The minimum absolute atomic E-state index is 0.0394. The summed E-state index contributed by atoms with van der Waals surface area (Å²) in [7, 11) is 0. The number of hydrogen-bond donors (Lipinski definition) is 3. The lowest BCUT2D eigenvalue weighted by Gasteiger charge is -2.15. The summed E-state index contributed by atoms with van der Waals surface area (Å²) >= 11 is 1.61. The second kappa shape index (κ2) is 9.17. The van der Waals surface area contributed by atoms with Crippen molar-refractivity contribution in [2.24, 2.45) is 0 Å². The maximum Gasteiger partial charge on any atom is 0.335 e. The quantitative estimate of drug-likeness (QED) is 0.478. The van der Waals surface area contributed by atoms with Crippen molar-refractivity contribution < 1.29 is 9.90 Å². The van der Waals surface area contributed by atoms with Crippen LogP contribution in [0.3, 0.4) is 0 Å². The van der Waals surface area contributed by atoms with Gasteiger partial charge in [-0.1, -0.05) is 0 Å². The molecule has 2 atom stereocenters. The normalized spacial score (nSPS) is 18.0. The van der Waals surface area contributed by atoms with Crippen molar-refractivity contribution >= 4 is 29.5 Å². The zero-order chi connectivity index (χ0) is 21.8. The molecule has 3 heterocycles. The fourth-order valence-electron chi connectivity index (χ4n) is 3.57. The number of rotatable bonds is 7. The Balaban J connectivity index is 1.35. The van der Waals surface area contributed by atoms with Crippen molar-refractivity contribution in [3.63, 3.8) is 0 Å². The molecule has 0 aromatic carbocycles. The Labute approximate surface area is 183 Å². The number of carboxylic acids is 1. The van der Waals surface area contributed by atoms with Gasteiger partial charge in [-0.25, -0.2) is 19.7 Å². The number of carboxylic acid groups (broad SMARTS) is 1. The zero-order valence-corrected chi connectivity index (χ0v) is 17.7. The largest absolute Gasteiger partial charge is 0.478 e. The summed E-state index contributed by atoms with van der Waals surface area (Å²) in [5.74, 6) is 0.241. The maximum absolute atomic E-state index is 12.2. The molecule has 3 aromatic heterocycles. The fraction of sp³-hybridized carbons (Fsp3) is 0.286. The highest BCUT2D eigenvalue weighted by Gasteiger charge is 2.25. The number of carbonyl (C=O) groups is 1. The average Bonchev–Trinajstić information content (AvgIpc) is 3.21. The average molecular weight is 439 g/mol. The second-order valence-electron chi connectivity index (χ2n) is 7.27. The van der Waals surface area contributed by atoms with E-state index in [0.29, 0.717) is 17.7 Å². The second-order valence-corrected chi connectivity index (χ2v) is 8.15. The van der Waals surface area contributed by atoms with E-state index in [2.05, 4.69) is 25.6 Å². The molecule has 1 saturated carbocycles. The molecule has 1 fully saturated rings. The van der Waals surface area contributed by atoms with Gasteiger partial charge in [0, 0.05) is 41.6 Å². The highest BCUT2D eigenvalue weighted by atomic mass is 32.2. The van der Waals surface area contributed by atoms with Crippen LogP contribution in [-0.4, -0.2) is 48.9 Å². The molecule has 4 rings (SSSR count). The first-order valence-corrected chi connectivity index (χ1v) is 11.1. The van der Waals surface area contributed by atoms with Crippen LogP contribution in [-0.2, 0) is 0 Å². The van der Waals surface area contributed by atoms with Crippen LogP contribution in [0.4, 0.5) is 11.8 Å². The lowest BCUT2D eigenvalue weighted by molar-refractivity contribution is 0.0696. The topological polar surface area (TPSA) is 122 Å². The maximum atomic E-state index is 12.2. The molecule has 0 saturated heterocycles. The SMILES string of the molecule is CSc1cnc(N[C@H]2CCC(Nc3ccc(-n4ccc(C(=O)O)cc4=O)cn3)C2)nc1. The molecule has 1 aliphatic carbocycles. The minimum Gasteiger partial charge on any atom is -0.478 e. The molecular weight excluding hydrogens is 416 g/mol. The fourth-order valence-corrected chi connectivity index (χ4v) is 3.89. The van der Waals surface area contributed by atoms with Crippen LogP contribution in [0, 0.1) is 0 Å². The molecule has 10 heteroatoms. The Morgan fingerprint density at radius 2 is 1.84 bits per heavy atom. The van der Waals surface area contributed by atoms with E-state index in [4.69, 9.17) is 5.11 Å². The molecule has 9 nitrogen and oxygen atoms in total. The number of nitrogens with zero attached hydrogens (tertiary/aromatic N) is 4. The van der Waals surface area contributed by atoms with E-state index in [9.17, 15) is 9.59 Å². The molecule has 1 aliphatic rings. The van der Waals surface area contributed by atoms with E-state index in [-0.39, 0.29) is 11.6 Å². The van der Waals surface area contributed by atoms with Crippen LogP contribution in [0.2, 0.25) is 0 Å². The molecule has 0 bridgehead atoms. The van der Waals surface area contributed by atoms with E-state index in [1.807, 2.05) is 24.7 Å². The van der Waals surface area contributed by atoms with Gasteiger partial charge >= 0.3 is 5.97 Å². The molecule has 31 heavy (non-hydrogen) atoms. The third kappa shape index (κ3) is 5.02. The van der Waals surface area contributed by atoms with Crippen LogP contribution >= 0.6 is 11.8 Å². The van der Waals surface area contributed by atoms with Gasteiger partial charge in [0.2, 0.25) is 5.95 Å². The molecule has 0 radical (unpaired) electrons. The highest BCUT2D eigenvalue weighted by molar-refractivity contribution is 7.98. The van der Waals surface area contributed by atoms with Crippen LogP contribution < -0.4 is 16.2 Å². The van der Waals surface area contributed by atoms with E-state index >= 15 is 0 Å². The molecule has 0 amide bonds. The number of hydrogen-bond acceptors (Lipinski definition) is 8. The van der Waals surface area contributed by atoms with Crippen LogP contribution in [0.15, 0.2) is 58.7 Å². The monoisotopic (exact) mass is 438 g/mol. The first-order valence-electron chi connectivity index (χ1n) is 9.83. The standard InChI is InChI=1S/C21H22N6O3S/c1-31-17-11-23-21(24-12-17)26-15-3-2-14(9-15)25-18-5-4-16(10-22-18)27-7-6-13(20(29)30)8-19(27)28/h4-8,10-12,14-15H,2-3,9H2,1H3,(H,22,25)(H,29,30)(H,23,24,26)/t14?,15-/m0/s1. The van der Waals surface area contributed by atoms with Crippen molar-refractivity contribution in [3.8, 4) is 5.69 Å². The summed E-state index contributed by atoms with van der Waals surface area (Å²) in [5.41, 5.74) is 0.117. The molecule has 3 N–H and O–H groups in total. The number of aromatic nitrogens is 4. The molecule has 160 valence electrons. The number of pyridine rings is 2. The van der Waals surface area contributed by atoms with Gasteiger partial charge in [-0.15, -0.1) is 11.8 Å². The van der Waals surface area contributed by atoms with Crippen LogP contribution in [0.25, 0.3) is 5.69 Å². The van der Waals surface area contributed by atoms with Gasteiger partial charge in [0.1, 0.15) is 5.82 Å². The van der Waals surface area contributed by atoms with Gasteiger partial charge in [0.15, 0.2) is 0 Å². The summed E-state index contributed by atoms with van der Waals surface area (Å²) in [6.45, 7) is 0. The van der Waals surface area contributed by atoms with Crippen molar-refractivity contribution in [1.29, 1.82) is 0 Å². The lowest BCUT2D eigenvalue weighted by atomic mass is 10.2. The van der Waals surface area contributed by atoms with Gasteiger partial charge in [-0.3, -0.25) is 9.36 Å². The molecule has 1 unspecified atom stereocenters. The summed E-state index contributed by atoms with van der Waals surface area (Å²) in [4.78, 5) is 37.3. The minimum atomic E-state index is -1.13. The van der Waals surface area contributed by atoms with Crippen molar-refractivity contribution in [2.75, 3.05) is 16.9 Å². The Hall–Kier alpha value is -3.40. The van der Waals surface area contributed by atoms with Gasteiger partial charge in [0.05, 0.1) is 17.4 Å². The first kappa shape index (κ1) is 20.9. The highest BCUT2D eigenvalue weighted by Crippen LogP contribution is 2.25. The van der Waals surface area contributed by atoms with Gasteiger partial charge in [-0.05, 0) is 43.7 Å². The zero-order valence-electron chi connectivity index (χ0n) is 16.9. The molecule has 3 aromatic rings. The van der Waals surface area contributed by atoms with Crippen molar-refractivity contribution in [1.82, 2.24) is 19.5 Å². The van der Waals surface area contributed by atoms with Crippen LogP contribution in [0.1, 0.15) is 29.6 Å². The Morgan fingerprint density at radius 3 is 2.45 bits per heavy atom. The number of thioether (sulfide) groups is 1. The third-order valence-corrected chi connectivity index (χ3v) is 5.86. The molecular formula is C21H22N6O3S. The number of aromatic carboxylic acids is 1. The molecule has 0 spiro atoms. The predicted octanol–water partition coefficient (Wildman–Crippen LogP) is 2.89. The molecule has 0 aliphatic heterocycles. The summed E-state index contributed by atoms with van der Waals surface area (Å²) in [6, 6.07) is 6.65.